The molecule has 1 aliphatic heterocycles. The van der Waals surface area contributed by atoms with E-state index in [0.29, 0.717) is 18.7 Å². The normalized spacial score (nSPS) is 22.3. The molecular formula is C28H24N2O2. The predicted octanol–water partition coefficient (Wildman–Crippen LogP) is 5.47. The molecule has 3 atom stereocenters. The Bertz CT molecular complexity index is 1340. The maximum atomic E-state index is 13.8. The molecule has 6 rings (SSSR count). The Morgan fingerprint density at radius 3 is 2.22 bits per heavy atom. The molecule has 0 N–H and O–H groups in total. The number of hydrogen-bond acceptors (Lipinski definition) is 2. The first kappa shape index (κ1) is 19.1. The lowest BCUT2D eigenvalue weighted by Gasteiger charge is -2.29. The maximum Gasteiger partial charge on any atom is 0.243 e. The largest absolute Gasteiger partial charge is 0.339 e. The van der Waals surface area contributed by atoms with E-state index < -0.39 is 5.92 Å². The lowest BCUT2D eigenvalue weighted by atomic mass is 9.74. The Hall–Kier alpha value is -3.66. The molecule has 2 amide bonds. The molecule has 4 nitrogen and oxygen atoms in total. The summed E-state index contributed by atoms with van der Waals surface area (Å²) in [4.78, 5) is 28.7. The van der Waals surface area contributed by atoms with E-state index in [2.05, 4.69) is 47.9 Å². The average Bonchev–Trinajstić information content (AvgIpc) is 3.27. The van der Waals surface area contributed by atoms with E-state index in [4.69, 9.17) is 0 Å². The van der Waals surface area contributed by atoms with Crippen LogP contribution in [0.3, 0.4) is 0 Å². The highest BCUT2D eigenvalue weighted by Crippen LogP contribution is 2.51. The predicted molar refractivity (Wildman–Crippen MR) is 126 cm³/mol. The van der Waals surface area contributed by atoms with Gasteiger partial charge < -0.3 is 4.57 Å². The molecule has 0 unspecified atom stereocenters. The summed E-state index contributed by atoms with van der Waals surface area (Å²) in [6.07, 6.45) is 0.699. The highest BCUT2D eigenvalue weighted by Gasteiger charge is 2.54. The fraction of sp³-hybridized carbons (Fsp3) is 0.214. The standard InChI is InChI=1S/C28H24N2O2/c1-18-16-22-25(28(32)30(27(22)31)20-12-6-3-7-13-20)26-24(18)21-14-8-9-15-23(21)29(26)17-19-10-4-2-5-11-19/h2-15,18,22,25H,16-17H2,1H3/t18-,22+,25+/m1/s1. The van der Waals surface area contributed by atoms with Crippen LogP contribution in [-0.2, 0) is 16.1 Å². The van der Waals surface area contributed by atoms with Crippen molar-refractivity contribution >= 4 is 28.4 Å². The van der Waals surface area contributed by atoms with Crippen LogP contribution in [0.2, 0.25) is 0 Å². The van der Waals surface area contributed by atoms with Gasteiger partial charge in [0.25, 0.3) is 0 Å². The second-order valence-corrected chi connectivity index (χ2v) is 8.96. The summed E-state index contributed by atoms with van der Waals surface area (Å²) < 4.78 is 2.28. The third-order valence-corrected chi connectivity index (χ3v) is 7.07. The Kier molecular flexibility index (Phi) is 4.29. The first-order valence-electron chi connectivity index (χ1n) is 11.2. The molecule has 4 heteroatoms. The summed E-state index contributed by atoms with van der Waals surface area (Å²) in [5, 5.41) is 1.20. The minimum atomic E-state index is -0.440. The van der Waals surface area contributed by atoms with Gasteiger partial charge in [0.15, 0.2) is 0 Å². The van der Waals surface area contributed by atoms with Crippen LogP contribution >= 0.6 is 0 Å². The van der Waals surface area contributed by atoms with Crippen molar-refractivity contribution < 1.29 is 9.59 Å². The van der Waals surface area contributed by atoms with Crippen LogP contribution < -0.4 is 4.90 Å². The molecule has 2 heterocycles. The summed E-state index contributed by atoms with van der Waals surface area (Å²) >= 11 is 0. The SMILES string of the molecule is C[C@@H]1C[C@@H]2C(=O)N(c3ccccc3)C(=O)[C@@H]2c2c1c1ccccc1n2Cc1ccccc1. The quantitative estimate of drug-likeness (QED) is 0.413. The molecule has 1 aromatic heterocycles. The number of nitrogens with zero attached hydrogens (tertiary/aromatic N) is 2. The van der Waals surface area contributed by atoms with Crippen molar-refractivity contribution in [3.05, 3.63) is 102 Å². The number of imide groups is 1. The Morgan fingerprint density at radius 1 is 0.812 bits per heavy atom. The molecular weight excluding hydrogens is 396 g/mol. The maximum absolute atomic E-state index is 13.8. The van der Waals surface area contributed by atoms with E-state index in [-0.39, 0.29) is 23.7 Å². The van der Waals surface area contributed by atoms with Gasteiger partial charge in [-0.3, -0.25) is 9.59 Å². The molecule has 0 saturated carbocycles. The molecule has 1 fully saturated rings. The molecule has 2 aliphatic rings. The van der Waals surface area contributed by atoms with Crippen molar-refractivity contribution in [3.8, 4) is 0 Å². The van der Waals surface area contributed by atoms with E-state index in [1.54, 1.807) is 0 Å². The first-order chi connectivity index (χ1) is 15.6. The van der Waals surface area contributed by atoms with E-state index in [1.807, 2.05) is 48.5 Å². The molecule has 4 aromatic rings. The molecule has 0 bridgehead atoms. The van der Waals surface area contributed by atoms with Crippen molar-refractivity contribution in [2.45, 2.75) is 31.7 Å². The monoisotopic (exact) mass is 420 g/mol. The van der Waals surface area contributed by atoms with Crippen LogP contribution in [0, 0.1) is 5.92 Å². The lowest BCUT2D eigenvalue weighted by molar-refractivity contribution is -0.122. The van der Waals surface area contributed by atoms with E-state index in [9.17, 15) is 9.59 Å². The molecule has 0 spiro atoms. The number of anilines is 1. The number of aromatic nitrogens is 1. The fourth-order valence-electron chi connectivity index (χ4n) is 5.74. The van der Waals surface area contributed by atoms with Gasteiger partial charge in [-0.1, -0.05) is 73.7 Å². The van der Waals surface area contributed by atoms with Crippen LogP contribution in [0.1, 0.15) is 42.0 Å². The van der Waals surface area contributed by atoms with Gasteiger partial charge >= 0.3 is 0 Å². The topological polar surface area (TPSA) is 42.3 Å². The van der Waals surface area contributed by atoms with Crippen LogP contribution in [0.25, 0.3) is 10.9 Å². The van der Waals surface area contributed by atoms with Gasteiger partial charge in [-0.25, -0.2) is 4.90 Å². The van der Waals surface area contributed by atoms with Crippen LogP contribution in [0.4, 0.5) is 5.69 Å². The number of carbonyl (C=O) groups is 2. The zero-order valence-corrected chi connectivity index (χ0v) is 17.9. The van der Waals surface area contributed by atoms with Gasteiger partial charge in [-0.05, 0) is 41.7 Å². The summed E-state index contributed by atoms with van der Waals surface area (Å²) in [5.41, 5.74) is 5.23. The van der Waals surface area contributed by atoms with Crippen molar-refractivity contribution in [1.29, 1.82) is 0 Å². The molecule has 0 radical (unpaired) electrons. The zero-order chi connectivity index (χ0) is 21.8. The molecule has 3 aromatic carbocycles. The molecule has 1 saturated heterocycles. The van der Waals surface area contributed by atoms with Crippen molar-refractivity contribution in [2.24, 2.45) is 5.92 Å². The van der Waals surface area contributed by atoms with Crippen LogP contribution in [0.15, 0.2) is 84.9 Å². The zero-order valence-electron chi connectivity index (χ0n) is 17.9. The smallest absolute Gasteiger partial charge is 0.243 e. The number of fused-ring (bicyclic) bond motifs is 5. The minimum absolute atomic E-state index is 0.0692. The van der Waals surface area contributed by atoms with Crippen molar-refractivity contribution in [1.82, 2.24) is 4.57 Å². The average molecular weight is 421 g/mol. The summed E-state index contributed by atoms with van der Waals surface area (Å²) in [6.45, 7) is 2.87. The van der Waals surface area contributed by atoms with Gasteiger partial charge in [0.05, 0.1) is 17.5 Å². The molecule has 32 heavy (non-hydrogen) atoms. The summed E-state index contributed by atoms with van der Waals surface area (Å²) in [7, 11) is 0. The van der Waals surface area contributed by atoms with Gasteiger partial charge in [-0.2, -0.15) is 0 Å². The summed E-state index contributed by atoms with van der Waals surface area (Å²) in [5.74, 6) is -0.716. The Labute approximate surface area is 187 Å². The number of benzene rings is 3. The number of carbonyl (C=O) groups excluding carboxylic acids is 2. The second kappa shape index (κ2) is 7.20. The van der Waals surface area contributed by atoms with Crippen LogP contribution in [-0.4, -0.2) is 16.4 Å². The van der Waals surface area contributed by atoms with Gasteiger partial charge in [-0.15, -0.1) is 0 Å². The van der Waals surface area contributed by atoms with E-state index in [1.165, 1.54) is 21.4 Å². The van der Waals surface area contributed by atoms with Gasteiger partial charge in [0.1, 0.15) is 0 Å². The Morgan fingerprint density at radius 2 is 1.47 bits per heavy atom. The van der Waals surface area contributed by atoms with E-state index in [0.717, 1.165) is 11.2 Å². The van der Waals surface area contributed by atoms with Crippen molar-refractivity contribution in [3.63, 3.8) is 0 Å². The first-order valence-corrected chi connectivity index (χ1v) is 11.2. The fourth-order valence-corrected chi connectivity index (χ4v) is 5.74. The third-order valence-electron chi connectivity index (χ3n) is 7.07. The minimum Gasteiger partial charge on any atom is -0.339 e. The lowest BCUT2D eigenvalue weighted by Crippen LogP contribution is -2.30. The second-order valence-electron chi connectivity index (χ2n) is 8.96. The number of para-hydroxylation sites is 2. The highest BCUT2D eigenvalue weighted by atomic mass is 16.2. The van der Waals surface area contributed by atoms with E-state index >= 15 is 0 Å². The number of hydrogen-bond donors (Lipinski definition) is 0. The number of rotatable bonds is 3. The van der Waals surface area contributed by atoms with Gasteiger partial charge in [0.2, 0.25) is 11.8 Å². The van der Waals surface area contributed by atoms with Gasteiger partial charge in [0, 0.05) is 23.1 Å². The third kappa shape index (κ3) is 2.69. The molecule has 158 valence electrons. The van der Waals surface area contributed by atoms with Crippen molar-refractivity contribution in [2.75, 3.05) is 4.90 Å². The number of amides is 2. The highest BCUT2D eigenvalue weighted by molar-refractivity contribution is 6.24. The summed E-state index contributed by atoms with van der Waals surface area (Å²) in [6, 6.07) is 28.1. The van der Waals surface area contributed by atoms with Crippen LogP contribution in [0.5, 0.6) is 0 Å². The Balaban J connectivity index is 1.57. The molecule has 1 aliphatic carbocycles.